The molecule has 0 unspecified atom stereocenters. The number of rotatable bonds is 13. The highest BCUT2D eigenvalue weighted by molar-refractivity contribution is 6.99. The van der Waals surface area contributed by atoms with Gasteiger partial charge in [0.2, 0.25) is 0 Å². The van der Waals surface area contributed by atoms with Crippen molar-refractivity contribution in [2.75, 3.05) is 6.61 Å². The molecule has 220 valence electrons. The van der Waals surface area contributed by atoms with E-state index in [4.69, 9.17) is 13.6 Å². The van der Waals surface area contributed by atoms with Crippen molar-refractivity contribution < 1.29 is 13.6 Å². The molecule has 1 saturated heterocycles. The molecule has 0 N–H and O–H groups in total. The molecule has 0 aromatic heterocycles. The first-order chi connectivity index (χ1) is 19.1. The van der Waals surface area contributed by atoms with E-state index in [-0.39, 0.29) is 23.4 Å². The topological polar surface area (TPSA) is 27.7 Å². The zero-order chi connectivity index (χ0) is 29.4. The van der Waals surface area contributed by atoms with Crippen LogP contribution >= 0.6 is 0 Å². The van der Waals surface area contributed by atoms with Crippen LogP contribution in [-0.4, -0.2) is 41.6 Å². The predicted octanol–water partition coefficient (Wildman–Crippen LogP) is 8.27. The van der Waals surface area contributed by atoms with Crippen LogP contribution in [0, 0.1) is 5.92 Å². The Morgan fingerprint density at radius 2 is 1.48 bits per heavy atom. The zero-order valence-corrected chi connectivity index (χ0v) is 28.4. The number of hydrogen-bond acceptors (Lipinski definition) is 3. The summed E-state index contributed by atoms with van der Waals surface area (Å²) < 4.78 is 21.0. The van der Waals surface area contributed by atoms with Crippen molar-refractivity contribution in [3.05, 3.63) is 85.0 Å². The lowest BCUT2D eigenvalue weighted by Gasteiger charge is -2.44. The number of ether oxygens (including phenoxy) is 1. The van der Waals surface area contributed by atoms with Crippen molar-refractivity contribution in [2.24, 2.45) is 5.92 Å². The highest BCUT2D eigenvalue weighted by atomic mass is 28.4. The lowest BCUT2D eigenvalue weighted by Crippen LogP contribution is -2.66. The molecule has 0 amide bonds. The third-order valence-electron chi connectivity index (χ3n) is 9.10. The molecule has 0 spiro atoms. The summed E-state index contributed by atoms with van der Waals surface area (Å²) in [6.07, 6.45) is 6.48. The van der Waals surface area contributed by atoms with Crippen LogP contribution in [0.25, 0.3) is 0 Å². The molecule has 0 saturated carbocycles. The second-order valence-corrected chi connectivity index (χ2v) is 21.7. The Labute approximate surface area is 247 Å². The lowest BCUT2D eigenvalue weighted by atomic mass is 9.88. The van der Waals surface area contributed by atoms with E-state index in [1.54, 1.807) is 0 Å². The molecule has 1 heterocycles. The highest BCUT2D eigenvalue weighted by Crippen LogP contribution is 2.38. The van der Waals surface area contributed by atoms with Crippen molar-refractivity contribution in [2.45, 2.75) is 110 Å². The van der Waals surface area contributed by atoms with Crippen LogP contribution in [0.15, 0.2) is 85.0 Å². The molecule has 2 aromatic carbocycles. The quantitative estimate of drug-likeness (QED) is 0.177. The maximum Gasteiger partial charge on any atom is 0.261 e. The van der Waals surface area contributed by atoms with Gasteiger partial charge in [-0.1, -0.05) is 127 Å². The van der Waals surface area contributed by atoms with E-state index in [0.29, 0.717) is 12.5 Å². The molecule has 4 atom stereocenters. The SMILES string of the molecule is C=CC[C@H]1C[C@H](O[Si](CC)(CC)CC)[C@@H](C)[C@@H](/C=C(/C)CO[Si](c2ccccc2)(c2ccccc2)C(C)(C)C)O1. The van der Waals surface area contributed by atoms with Gasteiger partial charge in [0, 0.05) is 5.92 Å². The van der Waals surface area contributed by atoms with Crippen LogP contribution in [0.4, 0.5) is 0 Å². The van der Waals surface area contributed by atoms with E-state index >= 15 is 0 Å². The fourth-order valence-corrected chi connectivity index (χ4v) is 14.0. The fraction of sp³-hybridized carbons (Fsp3) is 0.543. The lowest BCUT2D eigenvalue weighted by molar-refractivity contribution is -0.104. The molecule has 3 nitrogen and oxygen atoms in total. The molecule has 0 radical (unpaired) electrons. The summed E-state index contributed by atoms with van der Waals surface area (Å²) in [5, 5.41) is 2.57. The Kier molecular flexibility index (Phi) is 11.8. The van der Waals surface area contributed by atoms with E-state index in [9.17, 15) is 0 Å². The van der Waals surface area contributed by atoms with Crippen molar-refractivity contribution >= 4 is 27.0 Å². The van der Waals surface area contributed by atoms with Gasteiger partial charge in [-0.05, 0) is 53.3 Å². The first-order valence-electron chi connectivity index (χ1n) is 15.4. The summed E-state index contributed by atoms with van der Waals surface area (Å²) in [5.74, 6) is 0.292. The van der Waals surface area contributed by atoms with E-state index in [2.05, 4.69) is 129 Å². The minimum absolute atomic E-state index is 0.00345. The van der Waals surface area contributed by atoms with Crippen LogP contribution in [0.2, 0.25) is 23.2 Å². The second kappa shape index (κ2) is 14.4. The van der Waals surface area contributed by atoms with Gasteiger partial charge in [0.05, 0.1) is 24.9 Å². The molecule has 0 aliphatic carbocycles. The Morgan fingerprint density at radius 3 is 1.93 bits per heavy atom. The van der Waals surface area contributed by atoms with Gasteiger partial charge < -0.3 is 13.6 Å². The molecule has 5 heteroatoms. The molecular formula is C35H54O3Si2. The fourth-order valence-electron chi connectivity index (χ4n) is 6.40. The summed E-state index contributed by atoms with van der Waals surface area (Å²) in [6.45, 7) is 23.0. The summed E-state index contributed by atoms with van der Waals surface area (Å²) in [5.41, 5.74) is 1.22. The third kappa shape index (κ3) is 7.35. The van der Waals surface area contributed by atoms with E-state index < -0.39 is 16.6 Å². The first-order valence-corrected chi connectivity index (χ1v) is 19.9. The standard InChI is InChI=1S/C35H54O3Si2/c1-10-20-30-26-34(38-39(11-2,12-3)13-4)29(6)33(37-30)25-28(5)27-36-40(35(7,8)9,31-21-16-14-17-22-31)32-23-18-15-19-24-32/h10,14-19,21-25,29-30,33-34H,1,11-13,20,26-27H2,2-9H3/b28-25-/t29-,30-,33+,34-/m0/s1. The minimum atomic E-state index is -2.60. The normalized spacial score (nSPS) is 22.8. The van der Waals surface area contributed by atoms with Crippen LogP contribution < -0.4 is 10.4 Å². The van der Waals surface area contributed by atoms with Crippen molar-refractivity contribution in [1.29, 1.82) is 0 Å². The summed E-state index contributed by atoms with van der Waals surface area (Å²) in [4.78, 5) is 0. The molecule has 3 rings (SSSR count). The number of benzene rings is 2. The smallest absolute Gasteiger partial charge is 0.261 e. The largest absolute Gasteiger partial charge is 0.413 e. The Morgan fingerprint density at radius 1 is 0.950 bits per heavy atom. The van der Waals surface area contributed by atoms with Gasteiger partial charge in [-0.25, -0.2) is 0 Å². The maximum atomic E-state index is 7.21. The molecule has 40 heavy (non-hydrogen) atoms. The monoisotopic (exact) mass is 578 g/mol. The van der Waals surface area contributed by atoms with Gasteiger partial charge in [0.1, 0.15) is 0 Å². The summed E-state index contributed by atoms with van der Waals surface area (Å²) in [6, 6.07) is 25.3. The van der Waals surface area contributed by atoms with Gasteiger partial charge >= 0.3 is 0 Å². The molecule has 1 aliphatic heterocycles. The second-order valence-electron chi connectivity index (χ2n) is 12.7. The molecular weight excluding hydrogens is 525 g/mol. The van der Waals surface area contributed by atoms with Gasteiger partial charge in [0.15, 0.2) is 8.32 Å². The van der Waals surface area contributed by atoms with Crippen LogP contribution in [-0.2, 0) is 13.6 Å². The van der Waals surface area contributed by atoms with Gasteiger partial charge in [-0.2, -0.15) is 0 Å². The maximum absolute atomic E-state index is 7.21. The van der Waals surface area contributed by atoms with Crippen molar-refractivity contribution in [3.8, 4) is 0 Å². The Bertz CT molecular complexity index is 1030. The predicted molar refractivity (Wildman–Crippen MR) is 177 cm³/mol. The van der Waals surface area contributed by atoms with Crippen molar-refractivity contribution in [3.63, 3.8) is 0 Å². The van der Waals surface area contributed by atoms with Gasteiger partial charge in [-0.15, -0.1) is 6.58 Å². The van der Waals surface area contributed by atoms with Crippen molar-refractivity contribution in [1.82, 2.24) is 0 Å². The first kappa shape index (κ1) is 32.7. The average molecular weight is 579 g/mol. The zero-order valence-electron chi connectivity index (χ0n) is 26.4. The highest BCUT2D eigenvalue weighted by Gasteiger charge is 2.50. The molecule has 0 bridgehead atoms. The Balaban J connectivity index is 1.92. The average Bonchev–Trinajstić information content (AvgIpc) is 2.95. The van der Waals surface area contributed by atoms with Gasteiger partial charge in [-0.3, -0.25) is 0 Å². The van der Waals surface area contributed by atoms with E-state index in [0.717, 1.165) is 12.8 Å². The Hall–Kier alpha value is -1.77. The molecule has 1 aliphatic rings. The molecule has 1 fully saturated rings. The third-order valence-corrected chi connectivity index (χ3v) is 18.7. The van der Waals surface area contributed by atoms with Crippen LogP contribution in [0.3, 0.4) is 0 Å². The number of hydrogen-bond donors (Lipinski definition) is 0. The van der Waals surface area contributed by atoms with E-state index in [1.807, 2.05) is 6.08 Å². The van der Waals surface area contributed by atoms with E-state index in [1.165, 1.54) is 34.1 Å². The van der Waals surface area contributed by atoms with Gasteiger partial charge in [0.25, 0.3) is 8.32 Å². The molecule has 2 aromatic rings. The van der Waals surface area contributed by atoms with Crippen LogP contribution in [0.5, 0.6) is 0 Å². The summed E-state index contributed by atoms with van der Waals surface area (Å²) >= 11 is 0. The van der Waals surface area contributed by atoms with Crippen LogP contribution in [0.1, 0.15) is 68.2 Å². The minimum Gasteiger partial charge on any atom is -0.413 e. The summed E-state index contributed by atoms with van der Waals surface area (Å²) in [7, 11) is -4.32.